The van der Waals surface area contributed by atoms with Crippen LogP contribution in [0.3, 0.4) is 0 Å². The third-order valence-corrected chi connectivity index (χ3v) is 2.91. The first-order valence-corrected chi connectivity index (χ1v) is 6.41. The molecular weight excluding hydrogens is 222 g/mol. The zero-order valence-corrected chi connectivity index (χ0v) is 11.2. The van der Waals surface area contributed by atoms with Crippen LogP contribution in [-0.2, 0) is 12.8 Å². The number of nitrogens with one attached hydrogen (secondary N) is 1. The minimum atomic E-state index is 0.876. The summed E-state index contributed by atoms with van der Waals surface area (Å²) in [5.41, 5.74) is 4.33. The first kappa shape index (κ1) is 12.6. The number of hydrogen-bond donors (Lipinski definition) is 1. The van der Waals surface area contributed by atoms with Gasteiger partial charge in [-0.05, 0) is 31.9 Å². The zero-order chi connectivity index (χ0) is 13.0. The van der Waals surface area contributed by atoms with Gasteiger partial charge in [0.25, 0.3) is 0 Å². The van der Waals surface area contributed by atoms with Gasteiger partial charge in [0, 0.05) is 11.9 Å². The van der Waals surface area contributed by atoms with E-state index in [0.717, 1.165) is 35.7 Å². The van der Waals surface area contributed by atoms with E-state index in [-0.39, 0.29) is 0 Å². The molecule has 0 saturated carbocycles. The topological polar surface area (TPSA) is 37.8 Å². The van der Waals surface area contributed by atoms with Crippen LogP contribution in [0.1, 0.15) is 30.8 Å². The van der Waals surface area contributed by atoms with Crippen molar-refractivity contribution >= 4 is 11.5 Å². The van der Waals surface area contributed by atoms with Gasteiger partial charge in [0.1, 0.15) is 0 Å². The lowest BCUT2D eigenvalue weighted by molar-refractivity contribution is 0.942. The summed E-state index contributed by atoms with van der Waals surface area (Å²) in [7, 11) is 0. The summed E-state index contributed by atoms with van der Waals surface area (Å²) in [5.74, 6) is 0.876. The predicted octanol–water partition coefficient (Wildman–Crippen LogP) is 3.65. The third-order valence-electron chi connectivity index (χ3n) is 2.91. The number of nitrogens with zero attached hydrogens (tertiary/aromatic N) is 2. The van der Waals surface area contributed by atoms with Crippen molar-refractivity contribution in [3.05, 3.63) is 47.4 Å². The molecule has 0 aliphatic carbocycles. The largest absolute Gasteiger partial charge is 0.339 e. The van der Waals surface area contributed by atoms with E-state index in [1.54, 1.807) is 0 Å². The lowest BCUT2D eigenvalue weighted by Gasteiger charge is -2.10. The highest BCUT2D eigenvalue weighted by Gasteiger charge is 2.05. The smallest absolute Gasteiger partial charge is 0.152 e. The number of benzene rings is 1. The second-order valence-corrected chi connectivity index (χ2v) is 4.35. The van der Waals surface area contributed by atoms with Gasteiger partial charge in [-0.3, -0.25) is 4.98 Å². The molecule has 1 aromatic carbocycles. The van der Waals surface area contributed by atoms with Crippen molar-refractivity contribution in [3.8, 4) is 0 Å². The monoisotopic (exact) mass is 241 g/mol. The van der Waals surface area contributed by atoms with Crippen LogP contribution in [0, 0.1) is 6.92 Å². The van der Waals surface area contributed by atoms with E-state index in [1.807, 2.05) is 6.20 Å². The number of aromatic nitrogens is 2. The van der Waals surface area contributed by atoms with Crippen molar-refractivity contribution in [1.82, 2.24) is 9.97 Å². The van der Waals surface area contributed by atoms with E-state index in [1.165, 1.54) is 5.56 Å². The van der Waals surface area contributed by atoms with Crippen LogP contribution in [0.5, 0.6) is 0 Å². The first-order valence-electron chi connectivity index (χ1n) is 6.41. The maximum atomic E-state index is 4.61. The van der Waals surface area contributed by atoms with Crippen LogP contribution in [-0.4, -0.2) is 9.97 Å². The van der Waals surface area contributed by atoms with Gasteiger partial charge in [0.2, 0.25) is 0 Å². The molecule has 0 aliphatic heterocycles. The lowest BCUT2D eigenvalue weighted by atomic mass is 10.2. The van der Waals surface area contributed by atoms with Gasteiger partial charge >= 0.3 is 0 Å². The Morgan fingerprint density at radius 3 is 2.39 bits per heavy atom. The lowest BCUT2D eigenvalue weighted by Crippen LogP contribution is -2.03. The van der Waals surface area contributed by atoms with Crippen molar-refractivity contribution in [2.45, 2.75) is 33.6 Å². The molecular formula is C15H19N3. The van der Waals surface area contributed by atoms with Crippen LogP contribution in [0.15, 0.2) is 30.5 Å². The minimum absolute atomic E-state index is 0.876. The molecule has 1 N–H and O–H groups in total. The number of rotatable bonds is 4. The van der Waals surface area contributed by atoms with E-state index in [0.29, 0.717) is 0 Å². The summed E-state index contributed by atoms with van der Waals surface area (Å²) in [6.07, 6.45) is 3.64. The quantitative estimate of drug-likeness (QED) is 0.887. The molecule has 2 rings (SSSR count). The average Bonchev–Trinajstić information content (AvgIpc) is 2.41. The number of anilines is 2. The molecule has 1 heterocycles. The molecule has 18 heavy (non-hydrogen) atoms. The zero-order valence-electron chi connectivity index (χ0n) is 11.2. The molecule has 0 spiro atoms. The fraction of sp³-hybridized carbons (Fsp3) is 0.333. The Kier molecular flexibility index (Phi) is 3.92. The van der Waals surface area contributed by atoms with E-state index in [9.17, 15) is 0 Å². The molecule has 1 aromatic heterocycles. The highest BCUT2D eigenvalue weighted by molar-refractivity contribution is 5.58. The summed E-state index contributed by atoms with van der Waals surface area (Å²) in [6.45, 7) is 6.26. The molecule has 94 valence electrons. The average molecular weight is 241 g/mol. The van der Waals surface area contributed by atoms with Gasteiger partial charge in [-0.1, -0.05) is 31.5 Å². The van der Waals surface area contributed by atoms with Crippen LogP contribution in [0.4, 0.5) is 11.5 Å². The highest BCUT2D eigenvalue weighted by atomic mass is 15.0. The SMILES string of the molecule is CCc1cnc(CC)c(Nc2ccc(C)cc2)n1. The van der Waals surface area contributed by atoms with Gasteiger partial charge < -0.3 is 5.32 Å². The standard InChI is InChI=1S/C15H19N3/c1-4-12-10-16-14(5-2)15(17-12)18-13-8-6-11(3)7-9-13/h6-10H,4-5H2,1-3H3,(H,17,18). The maximum Gasteiger partial charge on any atom is 0.152 e. The molecule has 0 saturated heterocycles. The van der Waals surface area contributed by atoms with Crippen molar-refractivity contribution < 1.29 is 0 Å². The maximum absolute atomic E-state index is 4.61. The second kappa shape index (κ2) is 5.63. The summed E-state index contributed by atoms with van der Waals surface area (Å²) < 4.78 is 0. The molecule has 3 nitrogen and oxygen atoms in total. The van der Waals surface area contributed by atoms with E-state index in [2.05, 4.69) is 60.3 Å². The molecule has 0 radical (unpaired) electrons. The van der Waals surface area contributed by atoms with Crippen LogP contribution < -0.4 is 5.32 Å². The minimum Gasteiger partial charge on any atom is -0.339 e. The Morgan fingerprint density at radius 2 is 1.78 bits per heavy atom. The van der Waals surface area contributed by atoms with E-state index in [4.69, 9.17) is 0 Å². The predicted molar refractivity (Wildman–Crippen MR) is 75.2 cm³/mol. The Hall–Kier alpha value is -1.90. The Labute approximate surface area is 108 Å². The highest BCUT2D eigenvalue weighted by Crippen LogP contribution is 2.18. The normalized spacial score (nSPS) is 10.4. The molecule has 0 aliphatic rings. The van der Waals surface area contributed by atoms with Gasteiger partial charge in [-0.15, -0.1) is 0 Å². The van der Waals surface area contributed by atoms with Gasteiger partial charge in [-0.25, -0.2) is 4.98 Å². The van der Waals surface area contributed by atoms with Crippen molar-refractivity contribution in [2.24, 2.45) is 0 Å². The number of hydrogen-bond acceptors (Lipinski definition) is 3. The molecule has 0 unspecified atom stereocenters. The van der Waals surface area contributed by atoms with Crippen molar-refractivity contribution in [1.29, 1.82) is 0 Å². The number of aryl methyl sites for hydroxylation is 3. The van der Waals surface area contributed by atoms with Gasteiger partial charge in [0.15, 0.2) is 5.82 Å². The first-order chi connectivity index (χ1) is 8.72. The third kappa shape index (κ3) is 2.86. The van der Waals surface area contributed by atoms with Crippen molar-refractivity contribution in [3.63, 3.8) is 0 Å². The van der Waals surface area contributed by atoms with E-state index < -0.39 is 0 Å². The van der Waals surface area contributed by atoms with Gasteiger partial charge in [0.05, 0.1) is 11.4 Å². The summed E-state index contributed by atoms with van der Waals surface area (Å²) in [5, 5.41) is 3.35. The van der Waals surface area contributed by atoms with Crippen LogP contribution in [0.25, 0.3) is 0 Å². The summed E-state index contributed by atoms with van der Waals surface area (Å²) in [4.78, 5) is 9.06. The molecule has 0 amide bonds. The van der Waals surface area contributed by atoms with Crippen LogP contribution >= 0.6 is 0 Å². The summed E-state index contributed by atoms with van der Waals surface area (Å²) >= 11 is 0. The second-order valence-electron chi connectivity index (χ2n) is 4.35. The molecule has 0 fully saturated rings. The molecule has 0 atom stereocenters. The summed E-state index contributed by atoms with van der Waals surface area (Å²) in [6, 6.07) is 8.31. The molecule has 2 aromatic rings. The fourth-order valence-corrected chi connectivity index (χ4v) is 1.75. The van der Waals surface area contributed by atoms with Crippen LogP contribution in [0.2, 0.25) is 0 Å². The Morgan fingerprint density at radius 1 is 1.06 bits per heavy atom. The van der Waals surface area contributed by atoms with Gasteiger partial charge in [-0.2, -0.15) is 0 Å². The fourth-order valence-electron chi connectivity index (χ4n) is 1.75. The van der Waals surface area contributed by atoms with Crippen molar-refractivity contribution in [2.75, 3.05) is 5.32 Å². The molecule has 0 bridgehead atoms. The van der Waals surface area contributed by atoms with E-state index >= 15 is 0 Å². The molecule has 3 heteroatoms. The Bertz CT molecular complexity index is 518. The Balaban J connectivity index is 2.29.